The molecule has 9 heteroatoms. The van der Waals surface area contributed by atoms with Gasteiger partial charge in [-0.2, -0.15) is 0 Å². The molecule has 158 valence electrons. The van der Waals surface area contributed by atoms with Gasteiger partial charge >= 0.3 is 6.09 Å². The second kappa shape index (κ2) is 8.66. The van der Waals surface area contributed by atoms with Crippen LogP contribution in [0.3, 0.4) is 0 Å². The van der Waals surface area contributed by atoms with Crippen molar-refractivity contribution in [2.75, 3.05) is 39.3 Å². The zero-order valence-corrected chi connectivity index (χ0v) is 16.4. The third-order valence-corrected chi connectivity index (χ3v) is 5.35. The van der Waals surface area contributed by atoms with Crippen molar-refractivity contribution in [3.05, 3.63) is 47.9 Å². The van der Waals surface area contributed by atoms with Crippen LogP contribution in [-0.2, 0) is 0 Å². The first-order chi connectivity index (χ1) is 14.5. The number of carbonyl (C=O) groups is 2. The highest BCUT2D eigenvalue weighted by Crippen LogP contribution is 2.31. The SMILES string of the molecule is O=C(O)N1CC[C@H](Oc2ncc(C(=O)N3CCNCC3)cc2-c2ccc(F)cc2)C1. The van der Waals surface area contributed by atoms with E-state index < -0.39 is 6.09 Å². The van der Waals surface area contributed by atoms with Gasteiger partial charge in [-0.25, -0.2) is 14.2 Å². The van der Waals surface area contributed by atoms with E-state index in [1.807, 2.05) is 0 Å². The number of likely N-dealkylation sites (tertiary alicyclic amines) is 1. The van der Waals surface area contributed by atoms with Gasteiger partial charge in [0.1, 0.15) is 11.9 Å². The molecule has 30 heavy (non-hydrogen) atoms. The number of piperazine rings is 1. The first kappa shape index (κ1) is 20.1. The van der Waals surface area contributed by atoms with Crippen LogP contribution in [-0.4, -0.2) is 77.3 Å². The predicted octanol–water partition coefficient (Wildman–Crippen LogP) is 2.06. The highest BCUT2D eigenvalue weighted by atomic mass is 19.1. The molecule has 0 aliphatic carbocycles. The number of hydrogen-bond acceptors (Lipinski definition) is 5. The van der Waals surface area contributed by atoms with E-state index >= 15 is 0 Å². The summed E-state index contributed by atoms with van der Waals surface area (Å²) in [7, 11) is 0. The van der Waals surface area contributed by atoms with E-state index in [1.54, 1.807) is 23.1 Å². The minimum atomic E-state index is -0.982. The molecule has 2 aromatic rings. The maximum absolute atomic E-state index is 13.4. The molecule has 8 nitrogen and oxygen atoms in total. The Morgan fingerprint density at radius 3 is 2.53 bits per heavy atom. The predicted molar refractivity (Wildman–Crippen MR) is 107 cm³/mol. The van der Waals surface area contributed by atoms with Crippen LogP contribution in [0.15, 0.2) is 36.5 Å². The third-order valence-electron chi connectivity index (χ3n) is 5.35. The van der Waals surface area contributed by atoms with Gasteiger partial charge in [0.2, 0.25) is 5.88 Å². The van der Waals surface area contributed by atoms with Crippen LogP contribution in [0.5, 0.6) is 5.88 Å². The summed E-state index contributed by atoms with van der Waals surface area (Å²) in [6.45, 7) is 3.37. The van der Waals surface area contributed by atoms with Gasteiger partial charge in [0.25, 0.3) is 5.91 Å². The Bertz CT molecular complexity index is 931. The number of halogens is 1. The number of ether oxygens (including phenoxy) is 1. The molecule has 0 bridgehead atoms. The van der Waals surface area contributed by atoms with Crippen molar-refractivity contribution in [1.29, 1.82) is 0 Å². The van der Waals surface area contributed by atoms with Crippen LogP contribution in [0, 0.1) is 5.82 Å². The number of nitrogens with zero attached hydrogens (tertiary/aromatic N) is 3. The topological polar surface area (TPSA) is 95.0 Å². The largest absolute Gasteiger partial charge is 0.472 e. The standard InChI is InChI=1S/C21H23FN4O4/c22-16-3-1-14(2-4-16)18-11-15(20(27)25-9-6-23-7-10-25)12-24-19(18)30-17-5-8-26(13-17)21(28)29/h1-4,11-12,17,23H,5-10,13H2,(H,28,29)/t17-/m0/s1. The van der Waals surface area contributed by atoms with Crippen molar-refractivity contribution >= 4 is 12.0 Å². The van der Waals surface area contributed by atoms with Crippen molar-refractivity contribution in [2.24, 2.45) is 0 Å². The molecule has 1 aromatic heterocycles. The summed E-state index contributed by atoms with van der Waals surface area (Å²) in [5, 5.41) is 12.4. The van der Waals surface area contributed by atoms with Gasteiger partial charge in [-0.3, -0.25) is 4.79 Å². The zero-order valence-electron chi connectivity index (χ0n) is 16.4. The minimum Gasteiger partial charge on any atom is -0.472 e. The van der Waals surface area contributed by atoms with Gasteiger partial charge < -0.3 is 25.0 Å². The van der Waals surface area contributed by atoms with Crippen molar-refractivity contribution in [3.63, 3.8) is 0 Å². The first-order valence-electron chi connectivity index (χ1n) is 9.92. The molecule has 4 rings (SSSR count). The van der Waals surface area contributed by atoms with Gasteiger partial charge in [-0.15, -0.1) is 0 Å². The van der Waals surface area contributed by atoms with Gasteiger partial charge in [-0.1, -0.05) is 12.1 Å². The molecule has 0 radical (unpaired) electrons. The molecule has 2 amide bonds. The molecule has 2 aliphatic heterocycles. The monoisotopic (exact) mass is 414 g/mol. The van der Waals surface area contributed by atoms with E-state index in [2.05, 4.69) is 10.3 Å². The normalized spacial score (nSPS) is 19.0. The Labute approximate surface area is 173 Å². The van der Waals surface area contributed by atoms with Crippen molar-refractivity contribution in [2.45, 2.75) is 12.5 Å². The average molecular weight is 414 g/mol. The number of carbonyl (C=O) groups excluding carboxylic acids is 1. The Balaban J connectivity index is 1.62. The molecular weight excluding hydrogens is 391 g/mol. The fourth-order valence-electron chi connectivity index (χ4n) is 3.71. The molecule has 2 N–H and O–H groups in total. The molecular formula is C21H23FN4O4. The fraction of sp³-hybridized carbons (Fsp3) is 0.381. The van der Waals surface area contributed by atoms with E-state index in [9.17, 15) is 14.0 Å². The molecule has 2 saturated heterocycles. The van der Waals surface area contributed by atoms with Gasteiger partial charge in [-0.05, 0) is 23.8 Å². The number of amides is 2. The third kappa shape index (κ3) is 4.35. The number of hydrogen-bond donors (Lipinski definition) is 2. The van der Waals surface area contributed by atoms with E-state index in [0.29, 0.717) is 48.6 Å². The van der Waals surface area contributed by atoms with Crippen molar-refractivity contribution in [3.8, 4) is 17.0 Å². The zero-order chi connectivity index (χ0) is 21.1. The minimum absolute atomic E-state index is 0.114. The number of carboxylic acid groups (broad SMARTS) is 1. The average Bonchev–Trinajstić information content (AvgIpc) is 3.24. The molecule has 1 aromatic carbocycles. The fourth-order valence-corrected chi connectivity index (χ4v) is 3.71. The summed E-state index contributed by atoms with van der Waals surface area (Å²) >= 11 is 0. The molecule has 1 atom stereocenters. The lowest BCUT2D eigenvalue weighted by Crippen LogP contribution is -2.46. The second-order valence-electron chi connectivity index (χ2n) is 7.38. The lowest BCUT2D eigenvalue weighted by molar-refractivity contribution is 0.0735. The van der Waals surface area contributed by atoms with Gasteiger partial charge in [0, 0.05) is 50.9 Å². The number of benzene rings is 1. The van der Waals surface area contributed by atoms with Crippen LogP contribution in [0.2, 0.25) is 0 Å². The molecule has 2 aliphatic rings. The smallest absolute Gasteiger partial charge is 0.407 e. The maximum atomic E-state index is 13.4. The van der Waals surface area contributed by atoms with E-state index in [4.69, 9.17) is 9.84 Å². The van der Waals surface area contributed by atoms with E-state index in [-0.39, 0.29) is 24.4 Å². The Hall–Kier alpha value is -3.20. The number of aromatic nitrogens is 1. The molecule has 2 fully saturated rings. The van der Waals surface area contributed by atoms with Crippen LogP contribution in [0.25, 0.3) is 11.1 Å². The van der Waals surface area contributed by atoms with E-state index in [1.165, 1.54) is 23.2 Å². The highest BCUT2D eigenvalue weighted by molar-refractivity contribution is 5.95. The van der Waals surface area contributed by atoms with Crippen LogP contribution in [0.4, 0.5) is 9.18 Å². The lowest BCUT2D eigenvalue weighted by atomic mass is 10.0. The molecule has 0 unspecified atom stereocenters. The number of pyridine rings is 1. The maximum Gasteiger partial charge on any atom is 0.407 e. The quantitative estimate of drug-likeness (QED) is 0.795. The number of nitrogens with one attached hydrogen (secondary N) is 1. The molecule has 3 heterocycles. The summed E-state index contributed by atoms with van der Waals surface area (Å²) in [5.74, 6) is -0.178. The summed E-state index contributed by atoms with van der Waals surface area (Å²) in [4.78, 5) is 31.5. The summed E-state index contributed by atoms with van der Waals surface area (Å²) in [6.07, 6.45) is 0.724. The molecule has 0 saturated carbocycles. The molecule has 0 spiro atoms. The Morgan fingerprint density at radius 2 is 1.87 bits per heavy atom. The summed E-state index contributed by atoms with van der Waals surface area (Å²) < 4.78 is 19.4. The van der Waals surface area contributed by atoms with Crippen molar-refractivity contribution < 1.29 is 23.8 Å². The Kier molecular flexibility index (Phi) is 5.80. The van der Waals surface area contributed by atoms with Crippen LogP contribution in [0.1, 0.15) is 16.8 Å². The van der Waals surface area contributed by atoms with E-state index in [0.717, 1.165) is 13.1 Å². The second-order valence-corrected chi connectivity index (χ2v) is 7.38. The van der Waals surface area contributed by atoms with Crippen LogP contribution >= 0.6 is 0 Å². The van der Waals surface area contributed by atoms with Gasteiger partial charge in [0.15, 0.2) is 0 Å². The Morgan fingerprint density at radius 1 is 1.13 bits per heavy atom. The highest BCUT2D eigenvalue weighted by Gasteiger charge is 2.29. The number of rotatable bonds is 4. The van der Waals surface area contributed by atoms with Gasteiger partial charge in [0.05, 0.1) is 12.1 Å². The van der Waals surface area contributed by atoms with Crippen LogP contribution < -0.4 is 10.1 Å². The summed E-state index contributed by atoms with van der Waals surface area (Å²) in [6, 6.07) is 7.61. The lowest BCUT2D eigenvalue weighted by Gasteiger charge is -2.27. The summed E-state index contributed by atoms with van der Waals surface area (Å²) in [5.41, 5.74) is 1.67. The van der Waals surface area contributed by atoms with Crippen molar-refractivity contribution in [1.82, 2.24) is 20.1 Å². The first-order valence-corrected chi connectivity index (χ1v) is 9.92.